The zero-order valence-electron chi connectivity index (χ0n) is 14.2. The van der Waals surface area contributed by atoms with Crippen LogP contribution in [0.5, 0.6) is 0 Å². The third-order valence-corrected chi connectivity index (χ3v) is 3.64. The number of urea groups is 1. The predicted octanol–water partition coefficient (Wildman–Crippen LogP) is 3.55. The quantitative estimate of drug-likeness (QED) is 0.853. The Morgan fingerprint density at radius 3 is 2.43 bits per heavy atom. The van der Waals surface area contributed by atoms with E-state index in [0.29, 0.717) is 12.4 Å². The Hall–Kier alpha value is -2.21. The Kier molecular flexibility index (Phi) is 5.50. The van der Waals surface area contributed by atoms with E-state index in [2.05, 4.69) is 10.6 Å². The van der Waals surface area contributed by atoms with Gasteiger partial charge in [-0.1, -0.05) is 0 Å². The van der Waals surface area contributed by atoms with E-state index >= 15 is 0 Å². The van der Waals surface area contributed by atoms with Crippen molar-refractivity contribution in [2.75, 3.05) is 13.7 Å². The zero-order valence-corrected chi connectivity index (χ0v) is 14.2. The number of methoxy groups -OCH3 is 1. The van der Waals surface area contributed by atoms with Crippen LogP contribution in [-0.4, -0.2) is 19.7 Å². The summed E-state index contributed by atoms with van der Waals surface area (Å²) in [5, 5.41) is 5.78. The fourth-order valence-electron chi connectivity index (χ4n) is 2.56. The first-order chi connectivity index (χ1) is 10.9. The molecule has 126 valence electrons. The summed E-state index contributed by atoms with van der Waals surface area (Å²) in [5.74, 6) is 3.10. The van der Waals surface area contributed by atoms with Gasteiger partial charge in [0, 0.05) is 12.7 Å². The third kappa shape index (κ3) is 4.39. The predicted molar refractivity (Wildman–Crippen MR) is 86.3 cm³/mol. The number of nitrogens with one attached hydrogen (secondary N) is 2. The molecule has 6 heteroatoms. The summed E-state index contributed by atoms with van der Waals surface area (Å²) in [4.78, 5) is 12.3. The minimum atomic E-state index is -0.340. The lowest BCUT2D eigenvalue weighted by Crippen LogP contribution is -2.40. The number of rotatable bonds is 6. The van der Waals surface area contributed by atoms with Crippen molar-refractivity contribution in [1.82, 2.24) is 10.6 Å². The van der Waals surface area contributed by atoms with Gasteiger partial charge in [-0.15, -0.1) is 0 Å². The van der Waals surface area contributed by atoms with Crippen molar-refractivity contribution in [3.05, 3.63) is 46.8 Å². The van der Waals surface area contributed by atoms with Crippen molar-refractivity contribution >= 4 is 6.03 Å². The summed E-state index contributed by atoms with van der Waals surface area (Å²) >= 11 is 0. The van der Waals surface area contributed by atoms with Crippen LogP contribution in [0.15, 0.2) is 27.0 Å². The highest BCUT2D eigenvalue weighted by atomic mass is 16.5. The first-order valence-electron chi connectivity index (χ1n) is 7.60. The summed E-state index contributed by atoms with van der Waals surface area (Å²) in [7, 11) is 1.59. The Bertz CT molecular complexity index is 659. The molecule has 0 fully saturated rings. The average Bonchev–Trinajstić information content (AvgIpc) is 3.04. The molecular formula is C17H24N2O4. The van der Waals surface area contributed by atoms with E-state index in [9.17, 15) is 4.79 Å². The Morgan fingerprint density at radius 1 is 1.17 bits per heavy atom. The van der Waals surface area contributed by atoms with E-state index in [-0.39, 0.29) is 18.1 Å². The van der Waals surface area contributed by atoms with E-state index < -0.39 is 0 Å². The second-order valence-corrected chi connectivity index (χ2v) is 5.66. The van der Waals surface area contributed by atoms with Crippen LogP contribution in [0.3, 0.4) is 0 Å². The molecule has 2 aromatic rings. The number of carbonyl (C=O) groups is 1. The highest BCUT2D eigenvalue weighted by Gasteiger charge is 2.20. The summed E-state index contributed by atoms with van der Waals surface area (Å²) in [5.41, 5.74) is 0.967. The number of carbonyl (C=O) groups excluding carboxylic acids is 1. The van der Waals surface area contributed by atoms with Crippen LogP contribution in [0.25, 0.3) is 0 Å². The molecule has 2 heterocycles. The van der Waals surface area contributed by atoms with E-state index in [1.165, 1.54) is 0 Å². The topological polar surface area (TPSA) is 76.6 Å². The van der Waals surface area contributed by atoms with E-state index in [4.69, 9.17) is 13.6 Å². The van der Waals surface area contributed by atoms with Crippen molar-refractivity contribution in [2.24, 2.45) is 0 Å². The molecule has 0 aromatic carbocycles. The minimum Gasteiger partial charge on any atom is -0.466 e. The van der Waals surface area contributed by atoms with Crippen molar-refractivity contribution in [3.8, 4) is 0 Å². The molecule has 0 aliphatic rings. The van der Waals surface area contributed by atoms with Crippen LogP contribution in [0.4, 0.5) is 4.79 Å². The maximum absolute atomic E-state index is 12.3. The molecule has 0 saturated carbocycles. The summed E-state index contributed by atoms with van der Waals surface area (Å²) in [6.07, 6.45) is 0. The second kappa shape index (κ2) is 7.37. The maximum Gasteiger partial charge on any atom is 0.315 e. The number of hydrogen-bond donors (Lipinski definition) is 2. The van der Waals surface area contributed by atoms with Crippen LogP contribution in [0, 0.1) is 20.8 Å². The molecule has 23 heavy (non-hydrogen) atoms. The standard InChI is InChI=1S/C17H24N2O4/c1-10-6-7-16(23-10)15(9-21-5)19-17(20)18-12(3)14-8-11(2)22-13(14)4/h6-8,12,15H,9H2,1-5H3,(H2,18,19,20)/t12-,15-/m0/s1. The van der Waals surface area contributed by atoms with Gasteiger partial charge in [-0.3, -0.25) is 0 Å². The zero-order chi connectivity index (χ0) is 17.0. The number of hydrogen-bond acceptors (Lipinski definition) is 4. The van der Waals surface area contributed by atoms with Crippen LogP contribution < -0.4 is 10.6 Å². The van der Waals surface area contributed by atoms with Gasteiger partial charge in [0.25, 0.3) is 0 Å². The lowest BCUT2D eigenvalue weighted by Gasteiger charge is -2.19. The molecule has 0 unspecified atom stereocenters. The highest BCUT2D eigenvalue weighted by Crippen LogP contribution is 2.21. The second-order valence-electron chi connectivity index (χ2n) is 5.66. The van der Waals surface area contributed by atoms with Crippen molar-refractivity contribution in [3.63, 3.8) is 0 Å². The van der Waals surface area contributed by atoms with Gasteiger partial charge >= 0.3 is 6.03 Å². The van der Waals surface area contributed by atoms with Gasteiger partial charge in [0.15, 0.2) is 0 Å². The SMILES string of the molecule is COC[C@H](NC(=O)N[C@@H](C)c1cc(C)oc1C)c1ccc(C)o1. The van der Waals surface area contributed by atoms with Crippen LogP contribution >= 0.6 is 0 Å². The highest BCUT2D eigenvalue weighted by molar-refractivity contribution is 5.75. The van der Waals surface area contributed by atoms with E-state index in [0.717, 1.165) is 22.8 Å². The normalized spacial score (nSPS) is 13.6. The van der Waals surface area contributed by atoms with Crippen molar-refractivity contribution in [2.45, 2.75) is 39.8 Å². The largest absolute Gasteiger partial charge is 0.466 e. The molecule has 2 atom stereocenters. The number of aryl methyl sites for hydroxylation is 3. The van der Waals surface area contributed by atoms with Crippen molar-refractivity contribution < 1.29 is 18.4 Å². The van der Waals surface area contributed by atoms with Crippen molar-refractivity contribution in [1.29, 1.82) is 0 Å². The molecule has 0 aliphatic carbocycles. The van der Waals surface area contributed by atoms with Gasteiger partial charge in [0.05, 0.1) is 12.6 Å². The Labute approximate surface area is 136 Å². The number of furan rings is 2. The molecule has 2 N–H and O–H groups in total. The van der Waals surface area contributed by atoms with Gasteiger partial charge in [-0.05, 0) is 45.9 Å². The lowest BCUT2D eigenvalue weighted by atomic mass is 10.1. The molecule has 0 spiro atoms. The minimum absolute atomic E-state index is 0.158. The van der Waals surface area contributed by atoms with Crippen LogP contribution in [0.1, 0.15) is 47.6 Å². The fourth-order valence-corrected chi connectivity index (χ4v) is 2.56. The summed E-state index contributed by atoms with van der Waals surface area (Å²) in [6, 6.07) is 4.85. The molecule has 2 aromatic heterocycles. The van der Waals surface area contributed by atoms with Gasteiger partial charge in [0.1, 0.15) is 29.1 Å². The summed E-state index contributed by atoms with van der Waals surface area (Å²) in [6.45, 7) is 7.88. The Morgan fingerprint density at radius 2 is 1.91 bits per heavy atom. The van der Waals surface area contributed by atoms with Gasteiger partial charge in [0.2, 0.25) is 0 Å². The van der Waals surface area contributed by atoms with E-state index in [1.807, 2.05) is 45.9 Å². The molecule has 0 aliphatic heterocycles. The number of amides is 2. The molecular weight excluding hydrogens is 296 g/mol. The first-order valence-corrected chi connectivity index (χ1v) is 7.60. The third-order valence-electron chi connectivity index (χ3n) is 3.64. The smallest absolute Gasteiger partial charge is 0.315 e. The molecule has 2 amide bonds. The molecule has 0 radical (unpaired) electrons. The molecule has 6 nitrogen and oxygen atoms in total. The molecule has 2 rings (SSSR count). The molecule has 0 saturated heterocycles. The fraction of sp³-hybridized carbons (Fsp3) is 0.471. The maximum atomic E-state index is 12.3. The average molecular weight is 320 g/mol. The van der Waals surface area contributed by atoms with Gasteiger partial charge < -0.3 is 24.2 Å². The van der Waals surface area contributed by atoms with E-state index in [1.54, 1.807) is 7.11 Å². The van der Waals surface area contributed by atoms with Gasteiger partial charge in [-0.25, -0.2) is 4.79 Å². The van der Waals surface area contributed by atoms with Crippen LogP contribution in [0.2, 0.25) is 0 Å². The Balaban J connectivity index is 2.00. The molecule has 0 bridgehead atoms. The monoisotopic (exact) mass is 320 g/mol. The summed E-state index contributed by atoms with van der Waals surface area (Å²) < 4.78 is 16.2. The number of ether oxygens (including phenoxy) is 1. The first kappa shape index (κ1) is 17.1. The van der Waals surface area contributed by atoms with Crippen LogP contribution in [-0.2, 0) is 4.74 Å². The van der Waals surface area contributed by atoms with Gasteiger partial charge in [-0.2, -0.15) is 0 Å². The lowest BCUT2D eigenvalue weighted by molar-refractivity contribution is 0.156.